The molecule has 0 radical (unpaired) electrons. The minimum absolute atomic E-state index is 0.0857. The molecule has 5 nitrogen and oxygen atoms in total. The summed E-state index contributed by atoms with van der Waals surface area (Å²) in [6.45, 7) is 0.0879. The van der Waals surface area contributed by atoms with Crippen LogP contribution in [0.15, 0.2) is 64.3 Å². The van der Waals surface area contributed by atoms with Gasteiger partial charge in [-0.2, -0.15) is 0 Å². The molecule has 0 spiro atoms. The van der Waals surface area contributed by atoms with Crippen LogP contribution in [0, 0.1) is 0 Å². The molecule has 25 heavy (non-hydrogen) atoms. The van der Waals surface area contributed by atoms with Crippen molar-refractivity contribution >= 4 is 33.5 Å². The lowest BCUT2D eigenvalue weighted by Gasteiger charge is -2.31. The van der Waals surface area contributed by atoms with Gasteiger partial charge in [0.1, 0.15) is 12.4 Å². The summed E-state index contributed by atoms with van der Waals surface area (Å²) in [4.78, 5) is 26.7. The van der Waals surface area contributed by atoms with Crippen LogP contribution in [0.3, 0.4) is 0 Å². The van der Waals surface area contributed by atoms with E-state index in [1.807, 2.05) is 24.3 Å². The number of carbonyl (C=O) groups excluding carboxylic acids is 2. The normalized spacial score (nSPS) is 19.9. The van der Waals surface area contributed by atoms with Gasteiger partial charge in [-0.25, -0.2) is 4.79 Å². The fourth-order valence-electron chi connectivity index (χ4n) is 3.34. The van der Waals surface area contributed by atoms with Gasteiger partial charge in [-0.05, 0) is 42.0 Å². The monoisotopic (exact) mass is 399 g/mol. The van der Waals surface area contributed by atoms with Crippen LogP contribution in [-0.4, -0.2) is 23.6 Å². The number of amides is 1. The van der Waals surface area contributed by atoms with E-state index in [1.54, 1.807) is 29.2 Å². The molecule has 0 aliphatic carbocycles. The Balaban J connectivity index is 1.81. The van der Waals surface area contributed by atoms with Crippen LogP contribution in [0.1, 0.15) is 17.9 Å². The fraction of sp³-hybridized carbons (Fsp3) is 0.158. The van der Waals surface area contributed by atoms with Gasteiger partial charge in [0.25, 0.3) is 0 Å². The fourth-order valence-corrected chi connectivity index (χ4v) is 3.60. The molecule has 126 valence electrons. The number of rotatable bonds is 2. The van der Waals surface area contributed by atoms with Crippen molar-refractivity contribution in [1.29, 1.82) is 0 Å². The second-order valence-electron chi connectivity index (χ2n) is 5.99. The third-order valence-electron chi connectivity index (χ3n) is 4.50. The predicted octanol–water partition coefficient (Wildman–Crippen LogP) is 3.49. The zero-order chi connectivity index (χ0) is 17.6. The molecule has 4 rings (SSSR count). The van der Waals surface area contributed by atoms with Crippen LogP contribution < -0.4 is 4.90 Å². The number of phenolic OH excluding ortho intramolecular Hbond substituents is 1. The first-order chi connectivity index (χ1) is 12.0. The molecule has 1 atom stereocenters. The Kier molecular flexibility index (Phi) is 3.84. The molecule has 2 aromatic rings. The number of nitrogens with zero attached hydrogens (tertiary/aromatic N) is 1. The van der Waals surface area contributed by atoms with Crippen LogP contribution in [0.2, 0.25) is 0 Å². The molecule has 0 bridgehead atoms. The molecule has 2 aliphatic heterocycles. The lowest BCUT2D eigenvalue weighted by molar-refractivity contribution is -0.136. The zero-order valence-electron chi connectivity index (χ0n) is 13.1. The van der Waals surface area contributed by atoms with Crippen LogP contribution in [0.4, 0.5) is 5.69 Å². The van der Waals surface area contributed by atoms with Crippen molar-refractivity contribution in [3.63, 3.8) is 0 Å². The molecule has 0 fully saturated rings. The van der Waals surface area contributed by atoms with E-state index in [0.29, 0.717) is 17.0 Å². The number of aromatic hydroxyl groups is 1. The van der Waals surface area contributed by atoms with E-state index < -0.39 is 0 Å². The van der Waals surface area contributed by atoms with Crippen molar-refractivity contribution in [2.45, 2.75) is 12.3 Å². The van der Waals surface area contributed by atoms with Crippen LogP contribution in [0.5, 0.6) is 5.75 Å². The van der Waals surface area contributed by atoms with Gasteiger partial charge >= 0.3 is 5.97 Å². The van der Waals surface area contributed by atoms with Crippen molar-refractivity contribution in [2.24, 2.45) is 0 Å². The smallest absolute Gasteiger partial charge is 0.336 e. The van der Waals surface area contributed by atoms with Crippen molar-refractivity contribution in [2.75, 3.05) is 11.5 Å². The Bertz CT molecular complexity index is 887. The van der Waals surface area contributed by atoms with Gasteiger partial charge < -0.3 is 9.84 Å². The summed E-state index contributed by atoms with van der Waals surface area (Å²) < 4.78 is 6.15. The first kappa shape index (κ1) is 15.9. The van der Waals surface area contributed by atoms with E-state index in [9.17, 15) is 14.7 Å². The number of cyclic esters (lactones) is 1. The SMILES string of the molecule is O=C1OCC2=C1C(c1ccc(O)cc1)CC(=O)N2c1ccc(Br)cc1. The number of halogens is 1. The van der Waals surface area contributed by atoms with Crippen molar-refractivity contribution in [1.82, 2.24) is 0 Å². The molecule has 0 saturated carbocycles. The first-order valence-corrected chi connectivity index (χ1v) is 8.61. The molecule has 0 aromatic heterocycles. The molecule has 2 aromatic carbocycles. The van der Waals surface area contributed by atoms with Gasteiger partial charge in [0.05, 0.1) is 11.3 Å². The number of esters is 1. The van der Waals surface area contributed by atoms with Crippen molar-refractivity contribution in [3.8, 4) is 5.75 Å². The van der Waals surface area contributed by atoms with Gasteiger partial charge in [0, 0.05) is 22.5 Å². The van der Waals surface area contributed by atoms with E-state index >= 15 is 0 Å². The van der Waals surface area contributed by atoms with Gasteiger partial charge in [-0.1, -0.05) is 28.1 Å². The zero-order valence-corrected chi connectivity index (χ0v) is 14.7. The van der Waals surface area contributed by atoms with Crippen LogP contribution >= 0.6 is 15.9 Å². The number of anilines is 1. The third-order valence-corrected chi connectivity index (χ3v) is 5.03. The number of phenols is 1. The Morgan fingerprint density at radius 1 is 1.04 bits per heavy atom. The summed E-state index contributed by atoms with van der Waals surface area (Å²) in [6, 6.07) is 14.0. The highest BCUT2D eigenvalue weighted by atomic mass is 79.9. The van der Waals surface area contributed by atoms with Crippen molar-refractivity contribution in [3.05, 3.63) is 69.8 Å². The summed E-state index contributed by atoms with van der Waals surface area (Å²) in [6.07, 6.45) is 0.175. The quantitative estimate of drug-likeness (QED) is 0.784. The Morgan fingerprint density at radius 3 is 2.40 bits per heavy atom. The minimum atomic E-state index is -0.386. The lowest BCUT2D eigenvalue weighted by atomic mass is 9.84. The number of benzene rings is 2. The van der Waals surface area contributed by atoms with E-state index in [2.05, 4.69) is 15.9 Å². The van der Waals surface area contributed by atoms with Gasteiger partial charge in [0.2, 0.25) is 5.91 Å². The Hall–Kier alpha value is -2.60. The highest BCUT2D eigenvalue weighted by Gasteiger charge is 2.42. The number of hydrogen-bond acceptors (Lipinski definition) is 4. The van der Waals surface area contributed by atoms with Gasteiger partial charge in [0.15, 0.2) is 0 Å². The van der Waals surface area contributed by atoms with E-state index in [4.69, 9.17) is 4.74 Å². The molecule has 6 heteroatoms. The summed E-state index contributed by atoms with van der Waals surface area (Å²) in [5, 5.41) is 9.48. The van der Waals surface area contributed by atoms with Crippen LogP contribution in [0.25, 0.3) is 0 Å². The average Bonchev–Trinajstić information content (AvgIpc) is 2.98. The molecule has 1 unspecified atom stereocenters. The highest BCUT2D eigenvalue weighted by molar-refractivity contribution is 9.10. The molecule has 1 N–H and O–H groups in total. The average molecular weight is 400 g/mol. The molecule has 1 amide bonds. The maximum absolute atomic E-state index is 12.8. The highest BCUT2D eigenvalue weighted by Crippen LogP contribution is 2.42. The van der Waals surface area contributed by atoms with E-state index in [-0.39, 0.29) is 36.6 Å². The molecular formula is C19H14BrNO4. The number of hydrogen-bond donors (Lipinski definition) is 1. The first-order valence-electron chi connectivity index (χ1n) is 7.82. The summed E-state index contributed by atoms with van der Waals surface area (Å²) in [5.41, 5.74) is 2.64. The molecule has 2 aliphatic rings. The Morgan fingerprint density at radius 2 is 1.72 bits per heavy atom. The second-order valence-corrected chi connectivity index (χ2v) is 6.91. The summed E-state index contributed by atoms with van der Waals surface area (Å²) in [7, 11) is 0. The maximum Gasteiger partial charge on any atom is 0.336 e. The predicted molar refractivity (Wildman–Crippen MR) is 95.1 cm³/mol. The molecule has 0 saturated heterocycles. The minimum Gasteiger partial charge on any atom is -0.508 e. The van der Waals surface area contributed by atoms with E-state index in [1.165, 1.54) is 0 Å². The molecule has 2 heterocycles. The number of ether oxygens (including phenoxy) is 1. The van der Waals surface area contributed by atoms with Crippen molar-refractivity contribution < 1.29 is 19.4 Å². The summed E-state index contributed by atoms with van der Waals surface area (Å²) in [5.74, 6) is -0.685. The second kappa shape index (κ2) is 6.04. The Labute approximate surface area is 152 Å². The topological polar surface area (TPSA) is 66.8 Å². The van der Waals surface area contributed by atoms with Gasteiger partial charge in [-0.15, -0.1) is 0 Å². The van der Waals surface area contributed by atoms with Gasteiger partial charge in [-0.3, -0.25) is 9.69 Å². The molecular weight excluding hydrogens is 386 g/mol. The van der Waals surface area contributed by atoms with E-state index in [0.717, 1.165) is 10.0 Å². The maximum atomic E-state index is 12.8. The van der Waals surface area contributed by atoms with Crippen LogP contribution in [-0.2, 0) is 14.3 Å². The lowest BCUT2D eigenvalue weighted by Crippen LogP contribution is -2.37. The number of carbonyl (C=O) groups is 2. The standard InChI is InChI=1S/C19H14BrNO4/c20-12-3-5-13(6-4-12)21-16-10-25-19(24)18(16)15(9-17(21)23)11-1-7-14(22)8-2-11/h1-8,15,22H,9-10H2. The third kappa shape index (κ3) is 2.72. The largest absolute Gasteiger partial charge is 0.508 e. The summed E-state index contributed by atoms with van der Waals surface area (Å²) >= 11 is 3.38.